The van der Waals surface area contributed by atoms with Crippen LogP contribution in [0, 0.1) is 18.3 Å². The zero-order valence-electron chi connectivity index (χ0n) is 10.4. The molecular formula is C13H12F3NO2. The van der Waals surface area contributed by atoms with Crippen molar-refractivity contribution in [1.82, 2.24) is 0 Å². The highest BCUT2D eigenvalue weighted by Gasteiger charge is 2.32. The predicted octanol–water partition coefficient (Wildman–Crippen LogP) is 2.84. The second kappa shape index (κ2) is 5.85. The molecule has 1 aromatic rings. The topological polar surface area (TPSA) is 50.1 Å². The van der Waals surface area contributed by atoms with Crippen molar-refractivity contribution < 1.29 is 22.7 Å². The van der Waals surface area contributed by atoms with Crippen molar-refractivity contribution in [3.8, 4) is 6.07 Å². The highest BCUT2D eigenvalue weighted by atomic mass is 19.4. The van der Waals surface area contributed by atoms with Crippen molar-refractivity contribution in [2.24, 2.45) is 0 Å². The summed E-state index contributed by atoms with van der Waals surface area (Å²) in [6, 6.07) is 4.75. The van der Waals surface area contributed by atoms with E-state index in [-0.39, 0.29) is 12.2 Å². The molecule has 1 aromatic carbocycles. The number of carbonyl (C=O) groups is 1. The summed E-state index contributed by atoms with van der Waals surface area (Å²) in [5.74, 6) is -1.81. The predicted molar refractivity (Wildman–Crippen MR) is 61.4 cm³/mol. The molecule has 102 valence electrons. The number of alkyl halides is 3. The Hall–Kier alpha value is -1.87. The number of ketones is 1. The molecule has 0 bridgehead atoms. The van der Waals surface area contributed by atoms with Gasteiger partial charge in [-0.1, -0.05) is 6.07 Å². The van der Waals surface area contributed by atoms with Gasteiger partial charge in [0.05, 0.1) is 11.6 Å². The molecule has 0 aliphatic heterocycles. The summed E-state index contributed by atoms with van der Waals surface area (Å²) >= 11 is 0. The Balaban J connectivity index is 3.25. The molecule has 0 amide bonds. The van der Waals surface area contributed by atoms with E-state index in [1.54, 1.807) is 13.0 Å². The fraction of sp³-hybridized carbons (Fsp3) is 0.385. The van der Waals surface area contributed by atoms with Gasteiger partial charge in [0.25, 0.3) is 0 Å². The van der Waals surface area contributed by atoms with E-state index in [1.165, 1.54) is 13.2 Å². The number of carbonyl (C=O) groups excluding carboxylic acids is 1. The quantitative estimate of drug-likeness (QED) is 0.846. The van der Waals surface area contributed by atoms with E-state index in [4.69, 9.17) is 5.26 Å². The van der Waals surface area contributed by atoms with E-state index in [0.29, 0.717) is 5.56 Å². The molecule has 0 fully saturated rings. The minimum Gasteiger partial charge on any atom is -0.377 e. The van der Waals surface area contributed by atoms with Crippen molar-refractivity contribution in [2.45, 2.75) is 19.0 Å². The average Bonchev–Trinajstić information content (AvgIpc) is 2.31. The molecule has 0 heterocycles. The highest BCUT2D eigenvalue weighted by Crippen LogP contribution is 2.32. The van der Waals surface area contributed by atoms with Crippen LogP contribution in [0.25, 0.3) is 0 Å². The van der Waals surface area contributed by atoms with Crippen LogP contribution in [0.3, 0.4) is 0 Å². The van der Waals surface area contributed by atoms with Crippen LogP contribution in [0.4, 0.5) is 13.2 Å². The number of halogens is 3. The first-order valence-electron chi connectivity index (χ1n) is 5.40. The molecule has 0 aliphatic carbocycles. The summed E-state index contributed by atoms with van der Waals surface area (Å²) < 4.78 is 42.5. The summed E-state index contributed by atoms with van der Waals surface area (Å²) in [7, 11) is 1.28. The number of aryl methyl sites for hydroxylation is 1. The SMILES string of the molecule is COCC(=O)C(C#N)c1cc(C(F)(F)F)ccc1C. The Morgan fingerprint density at radius 2 is 2.11 bits per heavy atom. The molecule has 1 atom stereocenters. The zero-order valence-corrected chi connectivity index (χ0v) is 10.4. The first kappa shape index (κ1) is 15.2. The maximum absolute atomic E-state index is 12.6. The maximum atomic E-state index is 12.6. The molecule has 19 heavy (non-hydrogen) atoms. The van der Waals surface area contributed by atoms with E-state index >= 15 is 0 Å². The normalized spacial score (nSPS) is 12.8. The molecule has 0 spiro atoms. The minimum atomic E-state index is -4.51. The van der Waals surface area contributed by atoms with Crippen LogP contribution < -0.4 is 0 Å². The van der Waals surface area contributed by atoms with Gasteiger partial charge in [-0.15, -0.1) is 0 Å². The van der Waals surface area contributed by atoms with Gasteiger partial charge in [-0.2, -0.15) is 18.4 Å². The number of benzene rings is 1. The highest BCUT2D eigenvalue weighted by molar-refractivity contribution is 5.89. The Morgan fingerprint density at radius 1 is 1.47 bits per heavy atom. The fourth-order valence-corrected chi connectivity index (χ4v) is 1.67. The van der Waals surface area contributed by atoms with E-state index in [9.17, 15) is 18.0 Å². The number of ether oxygens (including phenoxy) is 1. The maximum Gasteiger partial charge on any atom is 0.416 e. The number of Topliss-reactive ketones (excluding diaryl/α,β-unsaturated/α-hetero) is 1. The van der Waals surface area contributed by atoms with Crippen molar-refractivity contribution in [3.63, 3.8) is 0 Å². The molecular weight excluding hydrogens is 259 g/mol. The first-order valence-corrected chi connectivity index (χ1v) is 5.40. The summed E-state index contributed by atoms with van der Waals surface area (Å²) in [4.78, 5) is 11.7. The van der Waals surface area contributed by atoms with Crippen LogP contribution in [0.2, 0.25) is 0 Å². The molecule has 0 saturated heterocycles. The van der Waals surface area contributed by atoms with Crippen molar-refractivity contribution in [2.75, 3.05) is 13.7 Å². The molecule has 0 aromatic heterocycles. The van der Waals surface area contributed by atoms with Crippen LogP contribution in [0.5, 0.6) is 0 Å². The summed E-state index contributed by atoms with van der Waals surface area (Å²) in [5, 5.41) is 8.99. The number of hydrogen-bond donors (Lipinski definition) is 0. The molecule has 0 saturated carbocycles. The number of nitrogens with zero attached hydrogens (tertiary/aromatic N) is 1. The van der Waals surface area contributed by atoms with Crippen LogP contribution in [-0.2, 0) is 15.7 Å². The fourth-order valence-electron chi connectivity index (χ4n) is 1.67. The Bertz CT molecular complexity index is 518. The molecule has 0 N–H and O–H groups in total. The summed E-state index contributed by atoms with van der Waals surface area (Å²) in [6.07, 6.45) is -4.51. The number of rotatable bonds is 4. The van der Waals surface area contributed by atoms with Crippen LogP contribution in [0.15, 0.2) is 18.2 Å². The lowest BCUT2D eigenvalue weighted by molar-refractivity contribution is -0.137. The number of nitriles is 1. The Kier molecular flexibility index (Phi) is 4.67. The Morgan fingerprint density at radius 3 is 2.58 bits per heavy atom. The Labute approximate surface area is 108 Å². The lowest BCUT2D eigenvalue weighted by Crippen LogP contribution is -2.18. The monoisotopic (exact) mass is 271 g/mol. The summed E-state index contributed by atoms with van der Waals surface area (Å²) in [6.45, 7) is 1.24. The average molecular weight is 271 g/mol. The number of methoxy groups -OCH3 is 1. The number of hydrogen-bond acceptors (Lipinski definition) is 3. The van der Waals surface area contributed by atoms with Gasteiger partial charge in [-0.25, -0.2) is 0 Å². The van der Waals surface area contributed by atoms with E-state index in [0.717, 1.165) is 12.1 Å². The lowest BCUT2D eigenvalue weighted by Gasteiger charge is -2.14. The van der Waals surface area contributed by atoms with Crippen molar-refractivity contribution in [3.05, 3.63) is 34.9 Å². The third-order valence-corrected chi connectivity index (χ3v) is 2.66. The van der Waals surface area contributed by atoms with Crippen molar-refractivity contribution in [1.29, 1.82) is 5.26 Å². The van der Waals surface area contributed by atoms with Crippen molar-refractivity contribution >= 4 is 5.78 Å². The second-order valence-corrected chi connectivity index (χ2v) is 4.03. The van der Waals surface area contributed by atoms with Gasteiger partial charge in [-0.05, 0) is 30.2 Å². The first-order chi connectivity index (χ1) is 8.81. The smallest absolute Gasteiger partial charge is 0.377 e. The van der Waals surface area contributed by atoms with E-state index in [2.05, 4.69) is 4.74 Å². The minimum absolute atomic E-state index is 0.0689. The summed E-state index contributed by atoms with van der Waals surface area (Å²) in [5.41, 5.74) is -0.345. The van der Waals surface area contributed by atoms with Gasteiger partial charge in [0, 0.05) is 7.11 Å². The van der Waals surface area contributed by atoms with Crippen LogP contribution in [-0.4, -0.2) is 19.5 Å². The van der Waals surface area contributed by atoms with Crippen LogP contribution in [0.1, 0.15) is 22.6 Å². The molecule has 3 nitrogen and oxygen atoms in total. The molecule has 6 heteroatoms. The van der Waals surface area contributed by atoms with Gasteiger partial charge >= 0.3 is 6.18 Å². The largest absolute Gasteiger partial charge is 0.416 e. The van der Waals surface area contributed by atoms with Gasteiger partial charge in [-0.3, -0.25) is 4.79 Å². The second-order valence-electron chi connectivity index (χ2n) is 4.03. The molecule has 0 radical (unpaired) electrons. The van der Waals surface area contributed by atoms with Crippen LogP contribution >= 0.6 is 0 Å². The molecule has 1 unspecified atom stereocenters. The lowest BCUT2D eigenvalue weighted by atomic mass is 9.91. The third-order valence-electron chi connectivity index (χ3n) is 2.66. The van der Waals surface area contributed by atoms with Gasteiger partial charge in [0.15, 0.2) is 5.78 Å². The molecule has 1 rings (SSSR count). The van der Waals surface area contributed by atoms with Gasteiger partial charge in [0.2, 0.25) is 0 Å². The van der Waals surface area contributed by atoms with Gasteiger partial charge < -0.3 is 4.74 Å². The molecule has 0 aliphatic rings. The zero-order chi connectivity index (χ0) is 14.6. The standard InChI is InChI=1S/C13H12F3NO2/c1-8-3-4-9(13(14,15)16)5-10(8)11(6-17)12(18)7-19-2/h3-5,11H,7H2,1-2H3. The van der Waals surface area contributed by atoms with E-state index in [1.807, 2.05) is 0 Å². The van der Waals surface area contributed by atoms with E-state index < -0.39 is 23.4 Å². The van der Waals surface area contributed by atoms with Gasteiger partial charge in [0.1, 0.15) is 12.5 Å². The third kappa shape index (κ3) is 3.55.